The summed E-state index contributed by atoms with van der Waals surface area (Å²) >= 11 is 8.14. The number of benzene rings is 1. The first kappa shape index (κ1) is 14.1. The zero-order valence-electron chi connectivity index (χ0n) is 11.9. The monoisotopic (exact) mass is 309 g/mol. The van der Waals surface area contributed by atoms with Crippen molar-refractivity contribution in [2.75, 3.05) is 23.0 Å². The van der Waals surface area contributed by atoms with Gasteiger partial charge in [-0.3, -0.25) is 4.99 Å². The number of guanidine groups is 1. The second-order valence-corrected chi connectivity index (χ2v) is 7.97. The van der Waals surface area contributed by atoms with Gasteiger partial charge >= 0.3 is 0 Å². The third-order valence-electron chi connectivity index (χ3n) is 3.98. The summed E-state index contributed by atoms with van der Waals surface area (Å²) in [5, 5.41) is 0.736. The summed E-state index contributed by atoms with van der Waals surface area (Å²) in [5.74, 6) is 2.87. The van der Waals surface area contributed by atoms with Crippen LogP contribution >= 0.6 is 23.4 Å². The molecule has 2 aliphatic rings. The first-order valence-electron chi connectivity index (χ1n) is 6.85. The van der Waals surface area contributed by atoms with Crippen molar-refractivity contribution in [1.29, 1.82) is 0 Å². The van der Waals surface area contributed by atoms with Crippen LogP contribution in [-0.4, -0.2) is 29.5 Å². The molecule has 2 heterocycles. The molecule has 0 amide bonds. The van der Waals surface area contributed by atoms with Gasteiger partial charge in [0.05, 0.1) is 12.1 Å². The molecule has 20 heavy (non-hydrogen) atoms. The Morgan fingerprint density at radius 1 is 1.35 bits per heavy atom. The average Bonchev–Trinajstić information content (AvgIpc) is 2.64. The Labute approximate surface area is 129 Å². The smallest absolute Gasteiger partial charge is 0.196 e. The first-order chi connectivity index (χ1) is 9.42. The fourth-order valence-corrected chi connectivity index (χ4v) is 5.03. The number of nitrogens with two attached hydrogens (primary N) is 1. The predicted molar refractivity (Wildman–Crippen MR) is 88.9 cm³/mol. The molecular weight excluding hydrogens is 290 g/mol. The van der Waals surface area contributed by atoms with Crippen LogP contribution < -0.4 is 10.6 Å². The number of rotatable bonds is 1. The van der Waals surface area contributed by atoms with Gasteiger partial charge in [0.15, 0.2) is 5.96 Å². The van der Waals surface area contributed by atoms with Crippen LogP contribution in [0.1, 0.15) is 20.3 Å². The summed E-state index contributed by atoms with van der Waals surface area (Å²) < 4.78 is 0. The van der Waals surface area contributed by atoms with E-state index in [0.717, 1.165) is 29.4 Å². The van der Waals surface area contributed by atoms with Crippen molar-refractivity contribution < 1.29 is 0 Å². The standard InChI is InChI=1S/C15H20ClN3S/c1-14(2)7-15(10-20-9-14)8-18-13(17)19(15)12-5-3-4-11(16)6-12/h3-6H,7-10H2,1-2H3,(H2,17,18). The minimum Gasteiger partial charge on any atom is -0.369 e. The molecule has 5 heteroatoms. The Balaban J connectivity index is 2.00. The van der Waals surface area contributed by atoms with Crippen molar-refractivity contribution >= 4 is 35.0 Å². The van der Waals surface area contributed by atoms with Gasteiger partial charge in [-0.15, -0.1) is 0 Å². The van der Waals surface area contributed by atoms with E-state index in [2.05, 4.69) is 29.8 Å². The molecule has 108 valence electrons. The summed E-state index contributed by atoms with van der Waals surface area (Å²) in [7, 11) is 0. The largest absolute Gasteiger partial charge is 0.369 e. The van der Waals surface area contributed by atoms with Crippen LogP contribution in [0.4, 0.5) is 5.69 Å². The molecule has 2 N–H and O–H groups in total. The number of aliphatic imine (C=N–C) groups is 1. The SMILES string of the molecule is CC1(C)CSCC2(CN=C(N)N2c2cccc(Cl)c2)C1. The van der Waals surface area contributed by atoms with E-state index in [9.17, 15) is 0 Å². The highest BCUT2D eigenvalue weighted by Gasteiger charge is 2.48. The summed E-state index contributed by atoms with van der Waals surface area (Å²) in [5.41, 5.74) is 7.54. The van der Waals surface area contributed by atoms with Crippen molar-refractivity contribution in [3.63, 3.8) is 0 Å². The molecule has 1 unspecified atom stereocenters. The van der Waals surface area contributed by atoms with Crippen LogP contribution in [0.2, 0.25) is 5.02 Å². The van der Waals surface area contributed by atoms with Gasteiger partial charge in [0.2, 0.25) is 0 Å². The quantitative estimate of drug-likeness (QED) is 0.864. The van der Waals surface area contributed by atoms with Gasteiger partial charge in [0.1, 0.15) is 0 Å². The van der Waals surface area contributed by atoms with Crippen molar-refractivity contribution in [3.05, 3.63) is 29.3 Å². The Kier molecular flexibility index (Phi) is 3.41. The maximum absolute atomic E-state index is 6.18. The summed E-state index contributed by atoms with van der Waals surface area (Å²) in [6.45, 7) is 5.43. The number of halogens is 1. The summed E-state index contributed by atoms with van der Waals surface area (Å²) in [6, 6.07) is 7.90. The van der Waals surface area contributed by atoms with Crippen LogP contribution in [0, 0.1) is 5.41 Å². The van der Waals surface area contributed by atoms with Crippen LogP contribution in [0.25, 0.3) is 0 Å². The molecule has 1 atom stereocenters. The second-order valence-electron chi connectivity index (χ2n) is 6.55. The molecule has 0 saturated carbocycles. The molecule has 1 spiro atoms. The average molecular weight is 310 g/mol. The Morgan fingerprint density at radius 2 is 2.15 bits per heavy atom. The first-order valence-corrected chi connectivity index (χ1v) is 8.39. The highest BCUT2D eigenvalue weighted by molar-refractivity contribution is 7.99. The minimum atomic E-state index is 0.00117. The molecule has 1 saturated heterocycles. The lowest BCUT2D eigenvalue weighted by Crippen LogP contribution is -2.58. The number of thioether (sulfide) groups is 1. The normalized spacial score (nSPS) is 28.8. The maximum Gasteiger partial charge on any atom is 0.196 e. The van der Waals surface area contributed by atoms with Gasteiger partial charge in [0.25, 0.3) is 0 Å². The predicted octanol–water partition coefficient (Wildman–Crippen LogP) is 3.38. The van der Waals surface area contributed by atoms with E-state index in [0.29, 0.717) is 11.4 Å². The van der Waals surface area contributed by atoms with Gasteiger partial charge in [-0.2, -0.15) is 11.8 Å². The van der Waals surface area contributed by atoms with Gasteiger partial charge < -0.3 is 10.6 Å². The van der Waals surface area contributed by atoms with Crippen molar-refractivity contribution in [2.45, 2.75) is 25.8 Å². The number of anilines is 1. The lowest BCUT2D eigenvalue weighted by atomic mass is 9.79. The number of nitrogens with zero attached hydrogens (tertiary/aromatic N) is 2. The molecule has 3 nitrogen and oxygen atoms in total. The maximum atomic E-state index is 6.18. The van der Waals surface area contributed by atoms with E-state index in [1.165, 1.54) is 5.75 Å². The highest BCUT2D eigenvalue weighted by Crippen LogP contribution is 2.45. The fraction of sp³-hybridized carbons (Fsp3) is 0.533. The molecule has 3 rings (SSSR count). The van der Waals surface area contributed by atoms with E-state index in [4.69, 9.17) is 17.3 Å². The molecule has 0 aromatic heterocycles. The molecule has 1 fully saturated rings. The summed E-state index contributed by atoms with van der Waals surface area (Å²) in [4.78, 5) is 6.73. The van der Waals surface area contributed by atoms with Crippen molar-refractivity contribution in [1.82, 2.24) is 0 Å². The lowest BCUT2D eigenvalue weighted by molar-refractivity contribution is 0.282. The fourth-order valence-electron chi connectivity index (χ4n) is 3.39. The number of hydrogen-bond acceptors (Lipinski definition) is 4. The van der Waals surface area contributed by atoms with Crippen molar-refractivity contribution in [2.24, 2.45) is 16.1 Å². The third-order valence-corrected chi connectivity index (χ3v) is 5.94. The van der Waals surface area contributed by atoms with Gasteiger partial charge in [-0.25, -0.2) is 0 Å². The van der Waals surface area contributed by atoms with Gasteiger partial charge in [0, 0.05) is 16.5 Å². The Bertz CT molecular complexity index is 558. The third kappa shape index (κ3) is 2.40. The molecule has 2 aliphatic heterocycles. The molecule has 0 aliphatic carbocycles. The Morgan fingerprint density at radius 3 is 2.85 bits per heavy atom. The molecule has 0 bridgehead atoms. The minimum absolute atomic E-state index is 0.00117. The zero-order valence-corrected chi connectivity index (χ0v) is 13.5. The van der Waals surface area contributed by atoms with Gasteiger partial charge in [-0.05, 0) is 35.8 Å². The second kappa shape index (κ2) is 4.85. The molecule has 1 aromatic rings. The summed E-state index contributed by atoms with van der Waals surface area (Å²) in [6.07, 6.45) is 1.10. The van der Waals surface area contributed by atoms with Crippen molar-refractivity contribution in [3.8, 4) is 0 Å². The van der Waals surface area contributed by atoms with E-state index in [-0.39, 0.29) is 5.54 Å². The topological polar surface area (TPSA) is 41.6 Å². The lowest BCUT2D eigenvalue weighted by Gasteiger charge is -2.47. The van der Waals surface area contributed by atoms with Crippen LogP contribution in [0.3, 0.4) is 0 Å². The molecular formula is C15H20ClN3S. The zero-order chi connectivity index (χ0) is 14.4. The van der Waals surface area contributed by atoms with E-state index < -0.39 is 0 Å². The molecule has 0 radical (unpaired) electrons. The highest BCUT2D eigenvalue weighted by atomic mass is 35.5. The van der Waals surface area contributed by atoms with E-state index >= 15 is 0 Å². The van der Waals surface area contributed by atoms with Crippen LogP contribution in [-0.2, 0) is 0 Å². The van der Waals surface area contributed by atoms with Crippen LogP contribution in [0.15, 0.2) is 29.3 Å². The molecule has 1 aromatic carbocycles. The van der Waals surface area contributed by atoms with E-state index in [1.807, 2.05) is 30.0 Å². The van der Waals surface area contributed by atoms with Gasteiger partial charge in [-0.1, -0.05) is 31.5 Å². The number of hydrogen-bond donors (Lipinski definition) is 1. The van der Waals surface area contributed by atoms with E-state index in [1.54, 1.807) is 0 Å². The Hall–Kier alpha value is -0.870. The van der Waals surface area contributed by atoms with Crippen LogP contribution in [0.5, 0.6) is 0 Å².